The smallest absolute Gasteiger partial charge is 0.192 e. The maximum Gasteiger partial charge on any atom is 0.192 e. The van der Waals surface area contributed by atoms with E-state index in [2.05, 4.69) is 43.9 Å². The van der Waals surface area contributed by atoms with Crippen LogP contribution < -0.4 is 0 Å². The second-order valence-corrected chi connectivity index (χ2v) is 11.2. The van der Waals surface area contributed by atoms with Crippen LogP contribution in [0.1, 0.15) is 34.6 Å². The molecule has 0 unspecified atom stereocenters. The molecule has 0 fully saturated rings. The molecule has 0 heterocycles. The molecule has 0 bridgehead atoms. The molecular weight excluding hydrogens is 246 g/mol. The minimum Gasteiger partial charge on any atom is -0.411 e. The maximum atomic E-state index is 9.87. The fraction of sp³-hybridized carbons (Fsp3) is 1.00. The third-order valence-corrected chi connectivity index (χ3v) is 8.18. The monoisotopic (exact) mass is 273 g/mol. The van der Waals surface area contributed by atoms with Crippen LogP contribution >= 0.6 is 0 Å². The number of hydrogen-bond donors (Lipinski definition) is 1. The molecule has 0 rings (SSSR count). The molecular formula is C12H27N3O2Si. The Kier molecular flexibility index (Phi) is 6.36. The fourth-order valence-electron chi connectivity index (χ4n) is 1.48. The molecule has 0 saturated carbocycles. The van der Waals surface area contributed by atoms with E-state index in [4.69, 9.17) is 9.96 Å². The summed E-state index contributed by atoms with van der Waals surface area (Å²) in [5.74, 6) is 0.00928. The second kappa shape index (κ2) is 6.57. The van der Waals surface area contributed by atoms with E-state index < -0.39 is 14.4 Å². The molecule has 0 aromatic carbocycles. The van der Waals surface area contributed by atoms with Gasteiger partial charge in [-0.15, -0.1) is 0 Å². The molecule has 0 radical (unpaired) electrons. The van der Waals surface area contributed by atoms with Gasteiger partial charge in [0.1, 0.15) is 0 Å². The van der Waals surface area contributed by atoms with E-state index in [9.17, 15) is 5.11 Å². The number of azide groups is 1. The zero-order chi connectivity index (χ0) is 14.6. The maximum absolute atomic E-state index is 9.87. The third kappa shape index (κ3) is 4.98. The number of nitrogens with zero attached hydrogens (tertiary/aromatic N) is 3. The van der Waals surface area contributed by atoms with Gasteiger partial charge in [-0.1, -0.05) is 32.8 Å². The Morgan fingerprint density at radius 2 is 1.83 bits per heavy atom. The van der Waals surface area contributed by atoms with Crippen molar-refractivity contribution in [2.45, 2.75) is 65.0 Å². The third-order valence-electron chi connectivity index (χ3n) is 3.71. The van der Waals surface area contributed by atoms with Crippen LogP contribution in [0.3, 0.4) is 0 Å². The second-order valence-electron chi connectivity index (χ2n) is 6.47. The average Bonchev–Trinajstić information content (AvgIpc) is 2.20. The standard InChI is InChI=1S/C12H27N3O2Si/c1-9(8-14-15-13)11(10(2)16)17-18(6,7)12(3,4)5/h9-11,16H,8H2,1-7H3/t9-,10+,11+/m0/s1. The largest absolute Gasteiger partial charge is 0.411 e. The molecule has 0 aromatic rings. The minimum atomic E-state index is -1.93. The van der Waals surface area contributed by atoms with Crippen LogP contribution in [0.4, 0.5) is 0 Å². The van der Waals surface area contributed by atoms with Gasteiger partial charge in [0, 0.05) is 11.5 Å². The Bertz CT molecular complexity index is 307. The molecule has 0 amide bonds. The van der Waals surface area contributed by atoms with Crippen molar-refractivity contribution < 1.29 is 9.53 Å². The first-order valence-corrected chi connectivity index (χ1v) is 9.30. The molecule has 1 N–H and O–H groups in total. The number of aliphatic hydroxyl groups excluding tert-OH is 1. The van der Waals surface area contributed by atoms with Crippen LogP contribution in [0, 0.1) is 5.92 Å². The molecule has 18 heavy (non-hydrogen) atoms. The highest BCUT2D eigenvalue weighted by atomic mass is 28.4. The predicted octanol–water partition coefficient (Wildman–Crippen LogP) is 3.70. The van der Waals surface area contributed by atoms with Crippen LogP contribution in [0.2, 0.25) is 18.1 Å². The summed E-state index contributed by atoms with van der Waals surface area (Å²) in [6.45, 7) is 14.8. The highest BCUT2D eigenvalue weighted by Gasteiger charge is 2.41. The topological polar surface area (TPSA) is 78.2 Å². The van der Waals surface area contributed by atoms with Crippen LogP contribution in [-0.2, 0) is 4.43 Å². The first-order chi connectivity index (χ1) is 8.03. The summed E-state index contributed by atoms with van der Waals surface area (Å²) in [5.41, 5.74) is 8.36. The van der Waals surface area contributed by atoms with Crippen LogP contribution in [0.15, 0.2) is 5.11 Å². The predicted molar refractivity (Wildman–Crippen MR) is 76.9 cm³/mol. The van der Waals surface area contributed by atoms with Crippen LogP contribution in [-0.4, -0.2) is 32.2 Å². The van der Waals surface area contributed by atoms with Gasteiger partial charge in [0.25, 0.3) is 0 Å². The van der Waals surface area contributed by atoms with Gasteiger partial charge in [-0.25, -0.2) is 0 Å². The van der Waals surface area contributed by atoms with Crippen molar-refractivity contribution in [2.24, 2.45) is 11.0 Å². The summed E-state index contributed by atoms with van der Waals surface area (Å²) in [4.78, 5) is 2.76. The summed E-state index contributed by atoms with van der Waals surface area (Å²) in [6.07, 6.45) is -0.848. The van der Waals surface area contributed by atoms with E-state index in [1.54, 1.807) is 6.92 Å². The van der Waals surface area contributed by atoms with E-state index in [0.717, 1.165) is 0 Å². The zero-order valence-electron chi connectivity index (χ0n) is 12.6. The van der Waals surface area contributed by atoms with Gasteiger partial charge < -0.3 is 9.53 Å². The van der Waals surface area contributed by atoms with E-state index in [-0.39, 0.29) is 17.1 Å². The fourth-order valence-corrected chi connectivity index (χ4v) is 2.94. The summed E-state index contributed by atoms with van der Waals surface area (Å²) < 4.78 is 6.23. The average molecular weight is 273 g/mol. The Morgan fingerprint density at radius 3 is 2.17 bits per heavy atom. The molecule has 0 saturated heterocycles. The molecule has 0 spiro atoms. The number of rotatable bonds is 6. The van der Waals surface area contributed by atoms with Crippen molar-refractivity contribution in [1.29, 1.82) is 0 Å². The quantitative estimate of drug-likeness (QED) is 0.346. The first kappa shape index (κ1) is 17.4. The Morgan fingerprint density at radius 1 is 1.33 bits per heavy atom. The lowest BCUT2D eigenvalue weighted by atomic mass is 10.0. The molecule has 0 aliphatic heterocycles. The molecule has 0 aliphatic rings. The summed E-state index contributed by atoms with van der Waals surface area (Å²) >= 11 is 0. The molecule has 6 heteroatoms. The van der Waals surface area contributed by atoms with Gasteiger partial charge in [0.05, 0.1) is 12.2 Å². The van der Waals surface area contributed by atoms with Gasteiger partial charge in [-0.2, -0.15) is 0 Å². The first-order valence-electron chi connectivity index (χ1n) is 6.39. The Labute approximate surface area is 111 Å². The summed E-state index contributed by atoms with van der Waals surface area (Å²) in [6, 6.07) is 0. The van der Waals surface area contributed by atoms with Crippen molar-refractivity contribution in [3.05, 3.63) is 10.4 Å². The van der Waals surface area contributed by atoms with Gasteiger partial charge in [0.2, 0.25) is 0 Å². The highest BCUT2D eigenvalue weighted by molar-refractivity contribution is 6.74. The number of hydrogen-bond acceptors (Lipinski definition) is 3. The van der Waals surface area contributed by atoms with Crippen LogP contribution in [0.25, 0.3) is 10.4 Å². The van der Waals surface area contributed by atoms with Crippen molar-refractivity contribution >= 4 is 8.32 Å². The molecule has 106 valence electrons. The lowest BCUT2D eigenvalue weighted by Gasteiger charge is -2.41. The zero-order valence-corrected chi connectivity index (χ0v) is 13.6. The Hall–Kier alpha value is -0.553. The van der Waals surface area contributed by atoms with Gasteiger partial charge in [0.15, 0.2) is 8.32 Å². The summed E-state index contributed by atoms with van der Waals surface area (Å²) in [5, 5.41) is 13.5. The van der Waals surface area contributed by atoms with Crippen molar-refractivity contribution in [2.75, 3.05) is 6.54 Å². The van der Waals surface area contributed by atoms with E-state index in [1.165, 1.54) is 0 Å². The summed E-state index contributed by atoms with van der Waals surface area (Å²) in [7, 11) is -1.93. The van der Waals surface area contributed by atoms with Crippen molar-refractivity contribution in [3.8, 4) is 0 Å². The van der Waals surface area contributed by atoms with Gasteiger partial charge >= 0.3 is 0 Å². The Balaban J connectivity index is 4.88. The van der Waals surface area contributed by atoms with E-state index in [0.29, 0.717) is 6.54 Å². The van der Waals surface area contributed by atoms with Crippen molar-refractivity contribution in [1.82, 2.24) is 0 Å². The van der Waals surface area contributed by atoms with E-state index in [1.807, 2.05) is 6.92 Å². The van der Waals surface area contributed by atoms with Crippen molar-refractivity contribution in [3.63, 3.8) is 0 Å². The lowest BCUT2D eigenvalue weighted by Crippen LogP contribution is -2.49. The van der Waals surface area contributed by atoms with Gasteiger partial charge in [-0.05, 0) is 36.5 Å². The number of aliphatic hydroxyl groups is 1. The molecule has 5 nitrogen and oxygen atoms in total. The molecule has 0 aromatic heterocycles. The minimum absolute atomic E-state index is 0.00928. The van der Waals surface area contributed by atoms with Crippen LogP contribution in [0.5, 0.6) is 0 Å². The SMILES string of the molecule is C[C@@H](O)[C@H](O[Si](C)(C)C(C)(C)C)[C@@H](C)CN=[N+]=[N-]. The lowest BCUT2D eigenvalue weighted by molar-refractivity contribution is 0.00883. The highest BCUT2D eigenvalue weighted by Crippen LogP contribution is 2.38. The van der Waals surface area contributed by atoms with Gasteiger partial charge in [-0.3, -0.25) is 0 Å². The molecule has 0 aliphatic carbocycles. The molecule has 3 atom stereocenters. The normalized spacial score (nSPS) is 17.8. The van der Waals surface area contributed by atoms with E-state index >= 15 is 0 Å².